The van der Waals surface area contributed by atoms with Gasteiger partial charge in [-0.3, -0.25) is 13.9 Å². The number of carbonyl (C=O) groups excluding carboxylic acids is 1. The van der Waals surface area contributed by atoms with Crippen LogP contribution < -0.4 is 9.47 Å². The molecule has 0 aliphatic rings. The number of methoxy groups -OCH3 is 2. The third kappa shape index (κ3) is 5.88. The van der Waals surface area contributed by atoms with Crippen LogP contribution >= 0.6 is 0 Å². The molecular formula is C15H14Na2O11S2. The van der Waals surface area contributed by atoms with Gasteiger partial charge in [-0.15, -0.1) is 0 Å². The molecule has 30 heavy (non-hydrogen) atoms. The van der Waals surface area contributed by atoms with Crippen molar-refractivity contribution >= 4 is 85.1 Å². The van der Waals surface area contributed by atoms with Gasteiger partial charge in [0.15, 0.2) is 17.3 Å². The molecule has 0 atom stereocenters. The number of benzene rings is 2. The molecule has 0 spiro atoms. The van der Waals surface area contributed by atoms with E-state index in [2.05, 4.69) is 4.74 Å². The number of hydrogen-bond donors (Lipinski definition) is 4. The molecule has 2 aromatic rings. The predicted molar refractivity (Wildman–Crippen MR) is 104 cm³/mol. The second-order valence-corrected chi connectivity index (χ2v) is 8.08. The summed E-state index contributed by atoms with van der Waals surface area (Å²) in [5.41, 5.74) is -1.19. The Hall–Kier alpha value is -0.870. The van der Waals surface area contributed by atoms with Crippen LogP contribution in [-0.2, 0) is 20.2 Å². The monoisotopic (exact) mass is 480 g/mol. The first-order chi connectivity index (χ1) is 12.8. The van der Waals surface area contributed by atoms with Gasteiger partial charge in [0.2, 0.25) is 5.75 Å². The van der Waals surface area contributed by atoms with Crippen LogP contribution in [0.2, 0.25) is 0 Å². The van der Waals surface area contributed by atoms with Crippen molar-refractivity contribution in [2.75, 3.05) is 14.2 Å². The number of ether oxygens (including phenoxy) is 2. The quantitative estimate of drug-likeness (QED) is 0.190. The van der Waals surface area contributed by atoms with Gasteiger partial charge in [0.25, 0.3) is 20.2 Å². The van der Waals surface area contributed by atoms with Gasteiger partial charge in [-0.2, -0.15) is 16.8 Å². The number of ketones is 1. The zero-order valence-electron chi connectivity index (χ0n) is 16.3. The third-order valence-corrected chi connectivity index (χ3v) is 5.36. The van der Waals surface area contributed by atoms with Crippen LogP contribution in [0.4, 0.5) is 0 Å². The standard InChI is InChI=1S/C15H14O11S2.2Na/c1-25-9-4-3-7(5-10(9)27(19,20)21)12(16)8-6-11(28(22,23)24)15(26-2)14(18)13(8)17;;/h3-6,17-18H,1-2H3,(H,19,20,21)(H,22,23,24);;. The molecule has 0 amide bonds. The maximum absolute atomic E-state index is 12.7. The smallest absolute Gasteiger partial charge is 0.298 e. The topological polar surface area (TPSA) is 185 Å². The van der Waals surface area contributed by atoms with Crippen molar-refractivity contribution in [3.63, 3.8) is 0 Å². The third-order valence-electron chi connectivity index (χ3n) is 3.62. The normalized spacial score (nSPS) is 11.1. The molecule has 0 aliphatic carbocycles. The molecule has 2 rings (SSSR count). The van der Waals surface area contributed by atoms with Crippen molar-refractivity contribution in [1.29, 1.82) is 0 Å². The first kappa shape index (κ1) is 29.1. The minimum Gasteiger partial charge on any atom is -0.504 e. The number of rotatable bonds is 6. The van der Waals surface area contributed by atoms with E-state index in [1.54, 1.807) is 0 Å². The van der Waals surface area contributed by atoms with Crippen molar-refractivity contribution < 1.29 is 50.4 Å². The van der Waals surface area contributed by atoms with Crippen LogP contribution in [-0.4, -0.2) is 115 Å². The summed E-state index contributed by atoms with van der Waals surface area (Å²) in [5.74, 6) is -4.42. The van der Waals surface area contributed by atoms with Crippen LogP contribution in [0.3, 0.4) is 0 Å². The Morgan fingerprint density at radius 2 is 1.37 bits per heavy atom. The molecule has 15 heteroatoms. The van der Waals surface area contributed by atoms with Crippen LogP contribution in [0.25, 0.3) is 0 Å². The van der Waals surface area contributed by atoms with E-state index < -0.39 is 64.2 Å². The van der Waals surface area contributed by atoms with E-state index in [4.69, 9.17) is 4.74 Å². The molecule has 11 nitrogen and oxygen atoms in total. The van der Waals surface area contributed by atoms with Crippen molar-refractivity contribution in [1.82, 2.24) is 0 Å². The van der Waals surface area contributed by atoms with Crippen LogP contribution in [0.1, 0.15) is 15.9 Å². The Morgan fingerprint density at radius 3 is 1.80 bits per heavy atom. The number of hydrogen-bond acceptors (Lipinski definition) is 9. The van der Waals surface area contributed by atoms with E-state index in [1.807, 2.05) is 0 Å². The second-order valence-electron chi connectivity index (χ2n) is 5.30. The van der Waals surface area contributed by atoms with Gasteiger partial charge in [0.1, 0.15) is 15.5 Å². The van der Waals surface area contributed by atoms with Crippen molar-refractivity contribution in [3.8, 4) is 23.0 Å². The summed E-state index contributed by atoms with van der Waals surface area (Å²) in [5, 5.41) is 20.0. The molecule has 2 aromatic carbocycles. The van der Waals surface area contributed by atoms with Crippen LogP contribution in [0.15, 0.2) is 34.1 Å². The Morgan fingerprint density at radius 1 is 0.833 bits per heavy atom. The zero-order chi connectivity index (χ0) is 21.4. The molecule has 0 heterocycles. The Kier molecular flexibility index (Phi) is 10.3. The molecule has 0 unspecified atom stereocenters. The predicted octanol–water partition coefficient (Wildman–Crippen LogP) is 0.0778. The average Bonchev–Trinajstić information content (AvgIpc) is 2.60. The maximum atomic E-state index is 12.7. The SMILES string of the molecule is COc1ccc(C(=O)c2cc(S(=O)(=O)O)c(OC)c(O)c2O)cc1S(=O)(=O)O.[Na].[Na]. The molecule has 2 radical (unpaired) electrons. The molecular weight excluding hydrogens is 466 g/mol. The molecule has 0 aliphatic heterocycles. The summed E-state index contributed by atoms with van der Waals surface area (Å²) in [4.78, 5) is 10.9. The minimum atomic E-state index is -4.97. The van der Waals surface area contributed by atoms with E-state index in [9.17, 15) is 40.9 Å². The van der Waals surface area contributed by atoms with Crippen LogP contribution in [0.5, 0.6) is 23.0 Å². The van der Waals surface area contributed by atoms with Crippen molar-refractivity contribution in [2.45, 2.75) is 9.79 Å². The largest absolute Gasteiger partial charge is 0.504 e. The van der Waals surface area contributed by atoms with Gasteiger partial charge < -0.3 is 19.7 Å². The molecule has 0 bridgehead atoms. The average molecular weight is 480 g/mol. The molecule has 4 N–H and O–H groups in total. The van der Waals surface area contributed by atoms with Gasteiger partial charge in [-0.1, -0.05) is 0 Å². The van der Waals surface area contributed by atoms with E-state index in [1.165, 1.54) is 0 Å². The molecule has 0 fully saturated rings. The fraction of sp³-hybridized carbons (Fsp3) is 0.133. The summed E-state index contributed by atoms with van der Waals surface area (Å²) in [6.45, 7) is 0. The second kappa shape index (κ2) is 10.6. The number of carbonyl (C=O) groups is 1. The summed E-state index contributed by atoms with van der Waals surface area (Å²) in [6, 6.07) is 3.39. The first-order valence-electron chi connectivity index (χ1n) is 7.13. The van der Waals surface area contributed by atoms with E-state index in [0.717, 1.165) is 32.4 Å². The number of phenols is 2. The Labute approximate surface area is 216 Å². The van der Waals surface area contributed by atoms with Gasteiger partial charge in [0, 0.05) is 64.7 Å². The number of phenolic OH excluding ortho intramolecular Hbond substituents is 2. The number of aromatic hydroxyl groups is 2. The minimum absolute atomic E-state index is 0. The first-order valence-corrected chi connectivity index (χ1v) is 10.0. The summed E-state index contributed by atoms with van der Waals surface area (Å²) in [7, 11) is -7.69. The van der Waals surface area contributed by atoms with E-state index in [-0.39, 0.29) is 64.9 Å². The van der Waals surface area contributed by atoms with Gasteiger partial charge in [0.05, 0.1) is 19.8 Å². The van der Waals surface area contributed by atoms with Gasteiger partial charge in [-0.25, -0.2) is 0 Å². The molecule has 0 aromatic heterocycles. The fourth-order valence-electron chi connectivity index (χ4n) is 2.35. The van der Waals surface area contributed by atoms with Gasteiger partial charge >= 0.3 is 0 Å². The van der Waals surface area contributed by atoms with E-state index in [0.29, 0.717) is 6.07 Å². The summed E-state index contributed by atoms with van der Waals surface area (Å²) < 4.78 is 73.9. The molecule has 0 saturated carbocycles. The molecule has 154 valence electrons. The summed E-state index contributed by atoms with van der Waals surface area (Å²) >= 11 is 0. The summed E-state index contributed by atoms with van der Waals surface area (Å²) in [6.07, 6.45) is 0. The maximum Gasteiger partial charge on any atom is 0.298 e. The Balaban J connectivity index is 0.00000420. The van der Waals surface area contributed by atoms with E-state index >= 15 is 0 Å². The van der Waals surface area contributed by atoms with Crippen molar-refractivity contribution in [3.05, 3.63) is 35.4 Å². The van der Waals surface area contributed by atoms with Crippen molar-refractivity contribution in [2.24, 2.45) is 0 Å². The molecule has 0 saturated heterocycles. The fourth-order valence-corrected chi connectivity index (χ4v) is 3.72. The van der Waals surface area contributed by atoms with Crippen LogP contribution in [0, 0.1) is 0 Å². The Bertz CT molecular complexity index is 1180. The van der Waals surface area contributed by atoms with Gasteiger partial charge in [-0.05, 0) is 24.3 Å². The zero-order valence-corrected chi connectivity index (χ0v) is 21.9.